The van der Waals surface area contributed by atoms with E-state index in [0.29, 0.717) is 0 Å². The molecular weight excluding hydrogens is 304 g/mol. The highest BCUT2D eigenvalue weighted by atomic mass is 32.1. The van der Waals surface area contributed by atoms with E-state index in [2.05, 4.69) is 65.1 Å². The van der Waals surface area contributed by atoms with E-state index in [4.69, 9.17) is 0 Å². The van der Waals surface area contributed by atoms with Crippen LogP contribution in [0.15, 0.2) is 59.0 Å². The van der Waals surface area contributed by atoms with Gasteiger partial charge in [-0.05, 0) is 42.5 Å². The second-order valence-electron chi connectivity index (χ2n) is 5.74. The van der Waals surface area contributed by atoms with Crippen LogP contribution in [0.4, 0.5) is 5.00 Å². The molecule has 0 fully saturated rings. The molecule has 2 aliphatic rings. The van der Waals surface area contributed by atoms with E-state index in [1.165, 1.54) is 11.1 Å². The van der Waals surface area contributed by atoms with Crippen LogP contribution in [0.3, 0.4) is 0 Å². The standard InChI is InChI=1S/C18H18N4S/c1-3-22-10-13(8-20-22)15-9-19-18-14(15)5-4-6-16(18)21-17-7-12(2)11-23-17/h4-11,14,21H,3H2,1-2H3. The van der Waals surface area contributed by atoms with Crippen molar-refractivity contribution in [2.45, 2.75) is 20.4 Å². The zero-order valence-corrected chi connectivity index (χ0v) is 14.0. The Kier molecular flexibility index (Phi) is 3.50. The number of aryl methyl sites for hydroxylation is 2. The lowest BCUT2D eigenvalue weighted by atomic mass is 9.88. The molecule has 4 rings (SSSR count). The van der Waals surface area contributed by atoms with Gasteiger partial charge in [0.25, 0.3) is 0 Å². The molecule has 2 aromatic heterocycles. The minimum Gasteiger partial charge on any atom is -0.346 e. The van der Waals surface area contributed by atoms with Gasteiger partial charge in [-0.2, -0.15) is 5.10 Å². The van der Waals surface area contributed by atoms with E-state index in [0.717, 1.165) is 28.5 Å². The highest BCUT2D eigenvalue weighted by Gasteiger charge is 2.29. The van der Waals surface area contributed by atoms with Gasteiger partial charge < -0.3 is 5.32 Å². The van der Waals surface area contributed by atoms with Gasteiger partial charge in [0.05, 0.1) is 22.6 Å². The van der Waals surface area contributed by atoms with Crippen molar-refractivity contribution in [3.63, 3.8) is 0 Å². The maximum absolute atomic E-state index is 4.68. The summed E-state index contributed by atoms with van der Waals surface area (Å²) in [6.07, 6.45) is 12.4. The number of thiophene rings is 1. The fourth-order valence-electron chi connectivity index (χ4n) is 2.90. The van der Waals surface area contributed by atoms with E-state index in [1.807, 2.05) is 17.1 Å². The fourth-order valence-corrected chi connectivity index (χ4v) is 3.71. The van der Waals surface area contributed by atoms with Gasteiger partial charge in [-0.25, -0.2) is 0 Å². The molecule has 1 N–H and O–H groups in total. The molecule has 0 saturated heterocycles. The van der Waals surface area contributed by atoms with E-state index in [-0.39, 0.29) is 5.92 Å². The van der Waals surface area contributed by atoms with Gasteiger partial charge in [-0.1, -0.05) is 12.2 Å². The summed E-state index contributed by atoms with van der Waals surface area (Å²) in [6.45, 7) is 5.08. The summed E-state index contributed by atoms with van der Waals surface area (Å²) < 4.78 is 1.95. The number of hydrogen-bond donors (Lipinski definition) is 1. The Morgan fingerprint density at radius 1 is 1.39 bits per heavy atom. The Morgan fingerprint density at radius 3 is 3.04 bits per heavy atom. The Balaban J connectivity index is 1.57. The average Bonchev–Trinajstić information content (AvgIpc) is 3.26. The van der Waals surface area contributed by atoms with Gasteiger partial charge in [0.2, 0.25) is 0 Å². The minimum atomic E-state index is 0.207. The smallest absolute Gasteiger partial charge is 0.0929 e. The van der Waals surface area contributed by atoms with Crippen LogP contribution in [0.5, 0.6) is 0 Å². The quantitative estimate of drug-likeness (QED) is 0.914. The van der Waals surface area contributed by atoms with Crippen molar-refractivity contribution < 1.29 is 0 Å². The predicted octanol–water partition coefficient (Wildman–Crippen LogP) is 4.25. The minimum absolute atomic E-state index is 0.207. The number of hydrogen-bond acceptors (Lipinski definition) is 4. The Bertz CT molecular complexity index is 863. The summed E-state index contributed by atoms with van der Waals surface area (Å²) in [4.78, 5) is 4.68. The van der Waals surface area contributed by atoms with Crippen molar-refractivity contribution in [3.8, 4) is 0 Å². The Morgan fingerprint density at radius 2 is 2.30 bits per heavy atom. The highest BCUT2D eigenvalue weighted by molar-refractivity contribution is 7.14. The topological polar surface area (TPSA) is 42.2 Å². The molecule has 1 aliphatic carbocycles. The van der Waals surface area contributed by atoms with Crippen molar-refractivity contribution in [2.75, 3.05) is 5.32 Å². The first-order chi connectivity index (χ1) is 11.2. The molecule has 1 unspecified atom stereocenters. The molecule has 0 saturated carbocycles. The first-order valence-electron chi connectivity index (χ1n) is 7.76. The van der Waals surface area contributed by atoms with Crippen LogP contribution < -0.4 is 5.32 Å². The predicted molar refractivity (Wildman–Crippen MR) is 96.7 cm³/mol. The van der Waals surface area contributed by atoms with E-state index in [1.54, 1.807) is 11.3 Å². The summed E-state index contributed by atoms with van der Waals surface area (Å²) in [6, 6.07) is 2.16. The van der Waals surface area contributed by atoms with Gasteiger partial charge in [-0.15, -0.1) is 11.3 Å². The zero-order valence-electron chi connectivity index (χ0n) is 13.2. The number of nitrogens with zero attached hydrogens (tertiary/aromatic N) is 3. The van der Waals surface area contributed by atoms with Crippen LogP contribution in [-0.2, 0) is 6.54 Å². The number of anilines is 1. The molecule has 5 heteroatoms. The SMILES string of the molecule is CCn1cc(C2=CN=C3C(Nc4cc(C)cs4)=CC=CC23)cn1. The monoisotopic (exact) mass is 322 g/mol. The zero-order chi connectivity index (χ0) is 15.8. The number of rotatable bonds is 4. The Labute approximate surface area is 139 Å². The van der Waals surface area contributed by atoms with Crippen LogP contribution in [0.2, 0.25) is 0 Å². The molecule has 23 heavy (non-hydrogen) atoms. The van der Waals surface area contributed by atoms with E-state index in [9.17, 15) is 0 Å². The van der Waals surface area contributed by atoms with Crippen molar-refractivity contribution in [1.29, 1.82) is 0 Å². The molecule has 0 radical (unpaired) electrons. The second-order valence-corrected chi connectivity index (χ2v) is 6.65. The first-order valence-corrected chi connectivity index (χ1v) is 8.64. The van der Waals surface area contributed by atoms with E-state index >= 15 is 0 Å². The van der Waals surface area contributed by atoms with Gasteiger partial charge in [0, 0.05) is 30.4 Å². The summed E-state index contributed by atoms with van der Waals surface area (Å²) in [7, 11) is 0. The number of allylic oxidation sites excluding steroid dienone is 5. The normalized spacial score (nSPS) is 19.2. The summed E-state index contributed by atoms with van der Waals surface area (Å²) in [5.74, 6) is 0.207. The maximum Gasteiger partial charge on any atom is 0.0929 e. The summed E-state index contributed by atoms with van der Waals surface area (Å²) in [5, 5.41) is 11.2. The van der Waals surface area contributed by atoms with Gasteiger partial charge in [0.15, 0.2) is 0 Å². The van der Waals surface area contributed by atoms with Crippen molar-refractivity contribution >= 4 is 27.6 Å². The molecule has 1 atom stereocenters. The van der Waals surface area contributed by atoms with Gasteiger partial charge >= 0.3 is 0 Å². The molecule has 0 aromatic carbocycles. The van der Waals surface area contributed by atoms with Crippen LogP contribution >= 0.6 is 11.3 Å². The van der Waals surface area contributed by atoms with Gasteiger partial charge in [0.1, 0.15) is 0 Å². The average molecular weight is 322 g/mol. The molecule has 4 nitrogen and oxygen atoms in total. The molecule has 2 aromatic rings. The Hall–Kier alpha value is -2.40. The number of nitrogens with one attached hydrogen (secondary N) is 1. The summed E-state index contributed by atoms with van der Waals surface area (Å²) >= 11 is 1.72. The first kappa shape index (κ1) is 14.2. The number of fused-ring (bicyclic) bond motifs is 1. The van der Waals surface area contributed by atoms with Gasteiger partial charge in [-0.3, -0.25) is 9.67 Å². The fraction of sp³-hybridized carbons (Fsp3) is 0.222. The van der Waals surface area contributed by atoms with E-state index < -0.39 is 0 Å². The molecular formula is C18H18N4S. The molecule has 116 valence electrons. The third-order valence-electron chi connectivity index (χ3n) is 4.09. The third kappa shape index (κ3) is 2.57. The van der Waals surface area contributed by atoms with Crippen LogP contribution in [0.1, 0.15) is 18.1 Å². The van der Waals surface area contributed by atoms with Crippen LogP contribution in [-0.4, -0.2) is 15.5 Å². The molecule has 0 bridgehead atoms. The molecule has 0 amide bonds. The molecule has 1 aliphatic heterocycles. The third-order valence-corrected chi connectivity index (χ3v) is 5.06. The lowest BCUT2D eigenvalue weighted by Gasteiger charge is -2.19. The lowest BCUT2D eigenvalue weighted by Crippen LogP contribution is -2.20. The summed E-state index contributed by atoms with van der Waals surface area (Å²) in [5.41, 5.74) is 5.80. The largest absolute Gasteiger partial charge is 0.346 e. The number of aliphatic imine (C=N–C) groups is 1. The highest BCUT2D eigenvalue weighted by Crippen LogP contribution is 2.35. The molecule has 0 spiro atoms. The van der Waals surface area contributed by atoms with Crippen molar-refractivity contribution in [2.24, 2.45) is 10.9 Å². The molecule has 3 heterocycles. The lowest BCUT2D eigenvalue weighted by molar-refractivity contribution is 0.659. The number of aromatic nitrogens is 2. The van der Waals surface area contributed by atoms with Crippen molar-refractivity contribution in [1.82, 2.24) is 9.78 Å². The van der Waals surface area contributed by atoms with Crippen LogP contribution in [0.25, 0.3) is 5.57 Å². The van der Waals surface area contributed by atoms with Crippen molar-refractivity contribution in [3.05, 3.63) is 65.1 Å². The maximum atomic E-state index is 4.68. The van der Waals surface area contributed by atoms with Crippen LogP contribution in [0, 0.1) is 12.8 Å². The second kappa shape index (κ2) is 5.66.